The summed E-state index contributed by atoms with van der Waals surface area (Å²) < 4.78 is 0. The smallest absolute Gasteiger partial charge is 0.258 e. The zero-order valence-electron chi connectivity index (χ0n) is 25.7. The van der Waals surface area contributed by atoms with Crippen molar-refractivity contribution in [2.45, 2.75) is 45.6 Å². The Hall–Kier alpha value is -3.23. The topological polar surface area (TPSA) is 67.9 Å². The Morgan fingerprint density at radius 1 is 0.884 bits per heavy atom. The summed E-state index contributed by atoms with van der Waals surface area (Å²) in [5.41, 5.74) is 5.67. The van der Waals surface area contributed by atoms with Crippen LogP contribution in [-0.4, -0.2) is 74.5 Å². The molecule has 2 aliphatic rings. The molecule has 2 N–H and O–H groups in total. The number of carbonyl (C=O) groups is 2. The highest BCUT2D eigenvalue weighted by atomic mass is 35.5. The second-order valence-corrected chi connectivity index (χ2v) is 12.4. The van der Waals surface area contributed by atoms with E-state index in [-0.39, 0.29) is 17.9 Å². The molecule has 1 saturated heterocycles. The second-order valence-electron chi connectivity index (χ2n) is 12.0. The second kappa shape index (κ2) is 14.5. The molecule has 228 valence electrons. The molecule has 0 spiro atoms. The molecule has 7 nitrogen and oxygen atoms in total. The van der Waals surface area contributed by atoms with Gasteiger partial charge in [-0.05, 0) is 119 Å². The molecule has 2 aliphatic heterocycles. The SMILES string of the molecule is Cc1ccccc1C(=O)Nc1ccc(C(=O)N2CCCC(NCCCCN3CCN(C)CC3)c3cc(Cl)ccc32)c(C)c1. The van der Waals surface area contributed by atoms with E-state index in [0.29, 0.717) is 28.4 Å². The van der Waals surface area contributed by atoms with E-state index in [1.54, 1.807) is 0 Å². The van der Waals surface area contributed by atoms with Gasteiger partial charge in [0, 0.05) is 66.3 Å². The molecular weight excluding hydrogens is 558 g/mol. The Morgan fingerprint density at radius 2 is 1.67 bits per heavy atom. The summed E-state index contributed by atoms with van der Waals surface area (Å²) in [7, 11) is 2.19. The van der Waals surface area contributed by atoms with Gasteiger partial charge in [0.25, 0.3) is 11.8 Å². The number of benzene rings is 3. The molecule has 0 aliphatic carbocycles. The summed E-state index contributed by atoms with van der Waals surface area (Å²) in [5.74, 6) is -0.196. The Morgan fingerprint density at radius 3 is 2.44 bits per heavy atom. The molecule has 8 heteroatoms. The van der Waals surface area contributed by atoms with Gasteiger partial charge in [0.2, 0.25) is 0 Å². The van der Waals surface area contributed by atoms with Crippen molar-refractivity contribution >= 4 is 34.8 Å². The first-order chi connectivity index (χ1) is 20.8. The number of rotatable bonds is 9. The van der Waals surface area contributed by atoms with E-state index < -0.39 is 0 Å². The number of anilines is 2. The van der Waals surface area contributed by atoms with Gasteiger partial charge in [0.1, 0.15) is 0 Å². The third-order valence-corrected chi connectivity index (χ3v) is 9.00. The van der Waals surface area contributed by atoms with Crippen LogP contribution >= 0.6 is 11.6 Å². The number of amides is 2. The van der Waals surface area contributed by atoms with Crippen LogP contribution in [0.1, 0.15) is 69.1 Å². The van der Waals surface area contributed by atoms with Crippen molar-refractivity contribution in [2.24, 2.45) is 0 Å². The van der Waals surface area contributed by atoms with Gasteiger partial charge in [-0.1, -0.05) is 29.8 Å². The van der Waals surface area contributed by atoms with Crippen molar-refractivity contribution in [2.75, 3.05) is 63.1 Å². The van der Waals surface area contributed by atoms with Gasteiger partial charge < -0.3 is 25.3 Å². The van der Waals surface area contributed by atoms with Gasteiger partial charge in [-0.2, -0.15) is 0 Å². The Labute approximate surface area is 261 Å². The van der Waals surface area contributed by atoms with Crippen molar-refractivity contribution in [1.29, 1.82) is 0 Å². The number of fused-ring (bicyclic) bond motifs is 1. The van der Waals surface area contributed by atoms with Crippen LogP contribution < -0.4 is 15.5 Å². The Balaban J connectivity index is 1.24. The van der Waals surface area contributed by atoms with E-state index in [1.165, 1.54) is 6.42 Å². The predicted molar refractivity (Wildman–Crippen MR) is 177 cm³/mol. The number of hydrogen-bond acceptors (Lipinski definition) is 5. The first-order valence-electron chi connectivity index (χ1n) is 15.5. The molecule has 1 unspecified atom stereocenters. The molecule has 5 rings (SSSR count). The van der Waals surface area contributed by atoms with Gasteiger partial charge in [0.05, 0.1) is 0 Å². The molecular formula is C35H44ClN5O2. The van der Waals surface area contributed by atoms with Crippen LogP contribution in [0.2, 0.25) is 5.02 Å². The predicted octanol–water partition coefficient (Wildman–Crippen LogP) is 6.31. The Kier molecular flexibility index (Phi) is 10.5. The molecule has 0 saturated carbocycles. The highest BCUT2D eigenvalue weighted by Gasteiger charge is 2.28. The highest BCUT2D eigenvalue weighted by Crippen LogP contribution is 2.36. The summed E-state index contributed by atoms with van der Waals surface area (Å²) in [6.45, 7) is 11.2. The molecule has 2 amide bonds. The van der Waals surface area contributed by atoms with Gasteiger partial charge in [-0.15, -0.1) is 0 Å². The van der Waals surface area contributed by atoms with Crippen molar-refractivity contribution < 1.29 is 9.59 Å². The van der Waals surface area contributed by atoms with Crippen LogP contribution in [0, 0.1) is 13.8 Å². The van der Waals surface area contributed by atoms with Crippen LogP contribution in [0.5, 0.6) is 0 Å². The first-order valence-corrected chi connectivity index (χ1v) is 15.9. The van der Waals surface area contributed by atoms with E-state index in [4.69, 9.17) is 11.6 Å². The fourth-order valence-corrected chi connectivity index (χ4v) is 6.34. The summed E-state index contributed by atoms with van der Waals surface area (Å²) in [4.78, 5) is 33.7. The minimum atomic E-state index is -0.159. The maximum Gasteiger partial charge on any atom is 0.258 e. The van der Waals surface area contributed by atoms with E-state index in [1.807, 2.05) is 79.4 Å². The molecule has 0 bridgehead atoms. The van der Waals surface area contributed by atoms with Crippen molar-refractivity contribution in [3.05, 3.63) is 93.5 Å². The van der Waals surface area contributed by atoms with Crippen LogP contribution in [-0.2, 0) is 0 Å². The number of nitrogens with zero attached hydrogens (tertiary/aromatic N) is 3. The molecule has 2 heterocycles. The maximum absolute atomic E-state index is 14.0. The fraction of sp³-hybridized carbons (Fsp3) is 0.429. The number of piperazine rings is 1. The van der Waals surface area contributed by atoms with Gasteiger partial charge in [-0.25, -0.2) is 0 Å². The van der Waals surface area contributed by atoms with Gasteiger partial charge >= 0.3 is 0 Å². The third-order valence-electron chi connectivity index (χ3n) is 8.77. The number of carbonyl (C=O) groups excluding carboxylic acids is 2. The average molecular weight is 602 g/mol. The standard InChI is InChI=1S/C35H44ClN5O2/c1-25-9-4-5-10-29(25)34(42)38-28-13-14-30(26(2)23-28)35(43)41-18-8-11-32(31-24-27(36)12-15-33(31)41)37-16-6-7-17-40-21-19-39(3)20-22-40/h4-5,9-10,12-15,23-24,32,37H,6-8,11,16-22H2,1-3H3,(H,38,42). The van der Waals surface area contributed by atoms with E-state index >= 15 is 0 Å². The van der Waals surface area contributed by atoms with Crippen molar-refractivity contribution in [3.63, 3.8) is 0 Å². The zero-order chi connectivity index (χ0) is 30.3. The van der Waals surface area contributed by atoms with E-state index in [2.05, 4.69) is 27.5 Å². The largest absolute Gasteiger partial charge is 0.322 e. The number of hydrogen-bond donors (Lipinski definition) is 2. The summed E-state index contributed by atoms with van der Waals surface area (Å²) >= 11 is 6.48. The number of likely N-dealkylation sites (N-methyl/N-ethyl adjacent to an activating group) is 1. The molecule has 3 aromatic carbocycles. The van der Waals surface area contributed by atoms with Crippen molar-refractivity contribution in [3.8, 4) is 0 Å². The maximum atomic E-state index is 14.0. The van der Waals surface area contributed by atoms with Crippen LogP contribution in [0.15, 0.2) is 60.7 Å². The lowest BCUT2D eigenvalue weighted by molar-refractivity contribution is 0.0985. The number of nitrogens with one attached hydrogen (secondary N) is 2. The summed E-state index contributed by atoms with van der Waals surface area (Å²) in [6.07, 6.45) is 4.13. The molecule has 3 aromatic rings. The first kappa shape index (κ1) is 31.2. The average Bonchev–Trinajstić information content (AvgIpc) is 3.17. The monoisotopic (exact) mass is 601 g/mol. The lowest BCUT2D eigenvalue weighted by atomic mass is 10.0. The lowest BCUT2D eigenvalue weighted by Gasteiger charge is -2.32. The molecule has 0 radical (unpaired) electrons. The minimum Gasteiger partial charge on any atom is -0.322 e. The molecule has 1 fully saturated rings. The van der Waals surface area contributed by atoms with Crippen LogP contribution in [0.3, 0.4) is 0 Å². The van der Waals surface area contributed by atoms with E-state index in [9.17, 15) is 9.59 Å². The minimum absolute atomic E-state index is 0.0364. The number of unbranched alkanes of at least 4 members (excludes halogenated alkanes) is 1. The summed E-state index contributed by atoms with van der Waals surface area (Å²) in [5, 5.41) is 7.44. The summed E-state index contributed by atoms with van der Waals surface area (Å²) in [6, 6.07) is 19.0. The molecule has 0 aromatic heterocycles. The molecule has 43 heavy (non-hydrogen) atoms. The lowest BCUT2D eigenvalue weighted by Crippen LogP contribution is -2.44. The van der Waals surface area contributed by atoms with Gasteiger partial charge in [-0.3, -0.25) is 9.59 Å². The van der Waals surface area contributed by atoms with Crippen LogP contribution in [0.25, 0.3) is 0 Å². The highest BCUT2D eigenvalue weighted by molar-refractivity contribution is 6.30. The number of aryl methyl sites for hydroxylation is 2. The van der Waals surface area contributed by atoms with Gasteiger partial charge in [0.15, 0.2) is 0 Å². The quantitative estimate of drug-likeness (QED) is 0.282. The van der Waals surface area contributed by atoms with Crippen molar-refractivity contribution in [1.82, 2.24) is 15.1 Å². The van der Waals surface area contributed by atoms with Crippen LogP contribution in [0.4, 0.5) is 11.4 Å². The normalized spacial score (nSPS) is 17.8. The third kappa shape index (κ3) is 7.84. The number of halogens is 1. The fourth-order valence-electron chi connectivity index (χ4n) is 6.16. The zero-order valence-corrected chi connectivity index (χ0v) is 26.4. The molecule has 1 atom stereocenters. The Bertz CT molecular complexity index is 1440. The van der Waals surface area contributed by atoms with E-state index in [0.717, 1.165) is 80.9 Å².